The fourth-order valence-corrected chi connectivity index (χ4v) is 5.53. The van der Waals surface area contributed by atoms with E-state index >= 15 is 0 Å². The van der Waals surface area contributed by atoms with Gasteiger partial charge in [0.25, 0.3) is 0 Å². The van der Waals surface area contributed by atoms with Gasteiger partial charge in [0.05, 0.1) is 17.5 Å². The fraction of sp³-hybridized carbons (Fsp3) is 0.667. The highest BCUT2D eigenvalue weighted by Gasteiger charge is 2.50. The third-order valence-electron chi connectivity index (χ3n) is 7.49. The number of hydrogen-bond acceptors (Lipinski definition) is 4. The molecule has 3 aliphatic rings. The number of alkyl halides is 3. The molecule has 2 atom stereocenters. The standard InChI is InChI=1S/C24H31F3N2O3/c1-15(2)23(8-5-19(12-23)28-18-6-9-32-10-7-18)22(31)29-13-16-11-17(24(25,26)27)3-4-20(16)21(30)14-29/h3-4,11,15,18-19,28H,5-10,12-14H2,1-2H3/t19-,23+/m1/s1. The summed E-state index contributed by atoms with van der Waals surface area (Å²) in [7, 11) is 0. The van der Waals surface area contributed by atoms with Gasteiger partial charge >= 0.3 is 6.18 Å². The third-order valence-corrected chi connectivity index (χ3v) is 7.49. The van der Waals surface area contributed by atoms with E-state index in [2.05, 4.69) is 5.32 Å². The lowest BCUT2D eigenvalue weighted by Gasteiger charge is -2.39. The quantitative estimate of drug-likeness (QED) is 0.744. The van der Waals surface area contributed by atoms with Crippen molar-refractivity contribution < 1.29 is 27.5 Å². The monoisotopic (exact) mass is 452 g/mol. The number of fused-ring (bicyclic) bond motifs is 1. The first kappa shape index (κ1) is 23.2. The molecule has 1 aromatic carbocycles. The Bertz CT molecular complexity index is 880. The van der Waals surface area contributed by atoms with Crippen molar-refractivity contribution in [3.63, 3.8) is 0 Å². The number of amides is 1. The summed E-state index contributed by atoms with van der Waals surface area (Å²) in [5.41, 5.74) is -0.842. The van der Waals surface area contributed by atoms with E-state index in [9.17, 15) is 22.8 Å². The molecule has 0 aromatic heterocycles. The van der Waals surface area contributed by atoms with E-state index < -0.39 is 17.2 Å². The summed E-state index contributed by atoms with van der Waals surface area (Å²) in [6.07, 6.45) is -0.308. The van der Waals surface area contributed by atoms with Crippen molar-refractivity contribution in [2.45, 2.75) is 70.8 Å². The summed E-state index contributed by atoms with van der Waals surface area (Å²) in [6, 6.07) is 3.79. The van der Waals surface area contributed by atoms with Crippen LogP contribution in [0, 0.1) is 11.3 Å². The second kappa shape index (κ2) is 8.78. The zero-order valence-corrected chi connectivity index (χ0v) is 18.6. The first-order valence-corrected chi connectivity index (χ1v) is 11.5. The van der Waals surface area contributed by atoms with Gasteiger partial charge in [0.2, 0.25) is 5.91 Å². The molecule has 1 aromatic rings. The molecule has 1 saturated heterocycles. The summed E-state index contributed by atoms with van der Waals surface area (Å²) in [5.74, 6) is -0.350. The zero-order chi connectivity index (χ0) is 23.1. The lowest BCUT2D eigenvalue weighted by atomic mass is 9.73. The van der Waals surface area contributed by atoms with Crippen LogP contribution in [0.1, 0.15) is 67.4 Å². The molecular formula is C24H31F3N2O3. The van der Waals surface area contributed by atoms with Crippen LogP contribution in [-0.2, 0) is 22.3 Å². The van der Waals surface area contributed by atoms with Gasteiger partial charge in [-0.25, -0.2) is 0 Å². The maximum absolute atomic E-state index is 13.7. The Morgan fingerprint density at radius 2 is 1.88 bits per heavy atom. The summed E-state index contributed by atoms with van der Waals surface area (Å²) in [6.45, 7) is 5.49. The van der Waals surface area contributed by atoms with Gasteiger partial charge in [-0.1, -0.05) is 19.9 Å². The highest BCUT2D eigenvalue weighted by atomic mass is 19.4. The number of ketones is 1. The van der Waals surface area contributed by atoms with Gasteiger partial charge in [-0.15, -0.1) is 0 Å². The third kappa shape index (κ3) is 4.44. The highest BCUT2D eigenvalue weighted by Crippen LogP contribution is 2.47. The van der Waals surface area contributed by atoms with Crippen LogP contribution in [0.4, 0.5) is 13.2 Å². The molecule has 32 heavy (non-hydrogen) atoms. The smallest absolute Gasteiger partial charge is 0.381 e. The Hall–Kier alpha value is -1.93. The van der Waals surface area contributed by atoms with Gasteiger partial charge in [0.1, 0.15) is 0 Å². The summed E-state index contributed by atoms with van der Waals surface area (Å²) < 4.78 is 45.0. The molecule has 0 radical (unpaired) electrons. The van der Waals surface area contributed by atoms with E-state index in [1.165, 1.54) is 11.0 Å². The van der Waals surface area contributed by atoms with Crippen molar-refractivity contribution >= 4 is 11.7 Å². The molecular weight excluding hydrogens is 421 g/mol. The van der Waals surface area contributed by atoms with Crippen molar-refractivity contribution in [3.05, 3.63) is 34.9 Å². The second-order valence-electron chi connectivity index (χ2n) is 9.76. The van der Waals surface area contributed by atoms with Gasteiger partial charge in [0.15, 0.2) is 5.78 Å². The highest BCUT2D eigenvalue weighted by molar-refractivity contribution is 6.02. The van der Waals surface area contributed by atoms with Crippen molar-refractivity contribution in [2.75, 3.05) is 19.8 Å². The number of hydrogen-bond donors (Lipinski definition) is 1. The Labute approximate surface area is 186 Å². The average Bonchev–Trinajstić information content (AvgIpc) is 3.18. The van der Waals surface area contributed by atoms with Gasteiger partial charge in [-0.05, 0) is 55.7 Å². The van der Waals surface area contributed by atoms with Crippen molar-refractivity contribution in [1.29, 1.82) is 0 Å². The van der Waals surface area contributed by atoms with Crippen molar-refractivity contribution in [2.24, 2.45) is 11.3 Å². The molecule has 0 bridgehead atoms. The number of Topliss-reactive ketones (excluding diaryl/α,β-unsaturated/α-hetero) is 1. The molecule has 1 N–H and O–H groups in total. The first-order valence-electron chi connectivity index (χ1n) is 11.5. The average molecular weight is 453 g/mol. The maximum atomic E-state index is 13.7. The topological polar surface area (TPSA) is 58.6 Å². The second-order valence-corrected chi connectivity index (χ2v) is 9.76. The molecule has 4 rings (SSSR count). The summed E-state index contributed by atoms with van der Waals surface area (Å²) in [5, 5.41) is 3.69. The van der Waals surface area contributed by atoms with Crippen LogP contribution in [0.2, 0.25) is 0 Å². The number of nitrogens with zero attached hydrogens (tertiary/aromatic N) is 1. The minimum atomic E-state index is -4.49. The lowest BCUT2D eigenvalue weighted by molar-refractivity contribution is -0.145. The number of benzene rings is 1. The Morgan fingerprint density at radius 3 is 2.53 bits per heavy atom. The van der Waals surface area contributed by atoms with Gasteiger partial charge in [-0.2, -0.15) is 13.2 Å². The molecule has 1 saturated carbocycles. The summed E-state index contributed by atoms with van der Waals surface area (Å²) in [4.78, 5) is 27.9. The number of halogens is 3. The number of rotatable bonds is 4. The molecule has 2 fully saturated rings. The minimum Gasteiger partial charge on any atom is -0.381 e. The van der Waals surface area contributed by atoms with Gasteiger partial charge in [-0.3, -0.25) is 9.59 Å². The van der Waals surface area contributed by atoms with Gasteiger partial charge in [0, 0.05) is 37.4 Å². The maximum Gasteiger partial charge on any atom is 0.416 e. The number of ether oxygens (including phenoxy) is 1. The molecule has 176 valence electrons. The van der Waals surface area contributed by atoms with Crippen LogP contribution >= 0.6 is 0 Å². The number of nitrogens with one attached hydrogen (secondary N) is 1. The van der Waals surface area contributed by atoms with Crippen molar-refractivity contribution in [1.82, 2.24) is 10.2 Å². The number of carbonyl (C=O) groups is 2. The molecule has 0 unspecified atom stereocenters. The van der Waals surface area contributed by atoms with Crippen LogP contribution in [0.5, 0.6) is 0 Å². The van der Waals surface area contributed by atoms with E-state index in [-0.39, 0.29) is 47.9 Å². The molecule has 2 heterocycles. The van der Waals surface area contributed by atoms with E-state index in [1.807, 2.05) is 13.8 Å². The van der Waals surface area contributed by atoms with Crippen molar-refractivity contribution in [3.8, 4) is 0 Å². The normalized spacial score (nSPS) is 27.1. The minimum absolute atomic E-state index is 0.0381. The van der Waals surface area contributed by atoms with E-state index in [4.69, 9.17) is 4.74 Å². The zero-order valence-electron chi connectivity index (χ0n) is 18.6. The Balaban J connectivity index is 1.52. The van der Waals surface area contributed by atoms with Crippen LogP contribution in [-0.4, -0.2) is 48.4 Å². The van der Waals surface area contributed by atoms with E-state index in [1.54, 1.807) is 0 Å². The predicted octanol–water partition coefficient (Wildman–Crippen LogP) is 4.19. The van der Waals surface area contributed by atoms with Crippen LogP contribution in [0.3, 0.4) is 0 Å². The predicted molar refractivity (Wildman–Crippen MR) is 113 cm³/mol. The Kier molecular flexibility index (Phi) is 6.38. The van der Waals surface area contributed by atoms with Crippen LogP contribution in [0.25, 0.3) is 0 Å². The van der Waals surface area contributed by atoms with Crippen LogP contribution < -0.4 is 5.32 Å². The molecule has 1 amide bonds. The molecule has 0 spiro atoms. The van der Waals surface area contributed by atoms with Crippen LogP contribution in [0.15, 0.2) is 18.2 Å². The summed E-state index contributed by atoms with van der Waals surface area (Å²) >= 11 is 0. The van der Waals surface area contributed by atoms with E-state index in [0.717, 1.165) is 44.6 Å². The fourth-order valence-electron chi connectivity index (χ4n) is 5.53. The van der Waals surface area contributed by atoms with E-state index in [0.29, 0.717) is 18.9 Å². The first-order chi connectivity index (χ1) is 15.1. The van der Waals surface area contributed by atoms with Gasteiger partial charge < -0.3 is 15.0 Å². The molecule has 8 heteroatoms. The lowest BCUT2D eigenvalue weighted by Crippen LogP contribution is -2.50. The molecule has 1 aliphatic carbocycles. The largest absolute Gasteiger partial charge is 0.416 e. The Morgan fingerprint density at radius 1 is 1.16 bits per heavy atom. The molecule has 2 aliphatic heterocycles. The SMILES string of the molecule is CC(C)[C@]1(C(=O)N2CC(=O)c3ccc(C(F)(F)F)cc3C2)CC[C@@H](NC2CCOCC2)C1. The number of carbonyl (C=O) groups excluding carboxylic acids is 2. The molecule has 5 nitrogen and oxygen atoms in total.